The van der Waals surface area contributed by atoms with Gasteiger partial charge in [0, 0.05) is 10.7 Å². The van der Waals surface area contributed by atoms with Crippen LogP contribution in [0.2, 0.25) is 5.02 Å². The largest absolute Gasteiger partial charge is 0.339 e. The number of aryl methyl sites for hydroxylation is 1. The maximum absolute atomic E-state index is 12.4. The highest BCUT2D eigenvalue weighted by atomic mass is 35.5. The zero-order chi connectivity index (χ0) is 17.9. The van der Waals surface area contributed by atoms with E-state index in [2.05, 4.69) is 20.2 Å². The molecule has 3 aromatic rings. The van der Waals surface area contributed by atoms with Crippen LogP contribution in [0.25, 0.3) is 0 Å². The van der Waals surface area contributed by atoms with E-state index in [1.54, 1.807) is 30.3 Å². The average molecular weight is 375 g/mol. The van der Waals surface area contributed by atoms with Gasteiger partial charge in [-0.2, -0.15) is 0 Å². The smallest absolute Gasteiger partial charge is 0.263 e. The van der Waals surface area contributed by atoms with Crippen molar-refractivity contribution < 1.29 is 8.42 Å². The van der Waals surface area contributed by atoms with Crippen molar-refractivity contribution in [2.75, 3.05) is 10.0 Å². The second kappa shape index (κ2) is 7.08. The molecule has 0 saturated carbocycles. The van der Waals surface area contributed by atoms with E-state index in [-0.39, 0.29) is 10.7 Å². The maximum Gasteiger partial charge on any atom is 0.263 e. The van der Waals surface area contributed by atoms with E-state index in [9.17, 15) is 8.42 Å². The summed E-state index contributed by atoms with van der Waals surface area (Å²) >= 11 is 5.93. The molecule has 0 unspecified atom stereocenters. The number of benzene rings is 2. The lowest BCUT2D eigenvalue weighted by molar-refractivity contribution is 0.601. The lowest BCUT2D eigenvalue weighted by Crippen LogP contribution is -2.14. The molecule has 6 nitrogen and oxygen atoms in total. The van der Waals surface area contributed by atoms with Gasteiger partial charge in [0.15, 0.2) is 11.6 Å². The van der Waals surface area contributed by atoms with Crippen molar-refractivity contribution in [3.05, 3.63) is 71.2 Å². The molecule has 1 aromatic heterocycles. The standard InChI is InChI=1S/C17H15ClN4O2S/c1-12-4-2-7-15(10-12)25(23,24)22-17-9-8-16(20-21-17)19-14-6-3-5-13(18)11-14/h2-11H,1H3,(H,19,20)(H,21,22). The van der Waals surface area contributed by atoms with E-state index in [0.29, 0.717) is 10.8 Å². The van der Waals surface area contributed by atoms with E-state index in [1.165, 1.54) is 12.1 Å². The molecular weight excluding hydrogens is 360 g/mol. The zero-order valence-corrected chi connectivity index (χ0v) is 14.8. The van der Waals surface area contributed by atoms with Crippen LogP contribution in [-0.2, 0) is 10.0 Å². The van der Waals surface area contributed by atoms with Crippen LogP contribution in [0.3, 0.4) is 0 Å². The van der Waals surface area contributed by atoms with Gasteiger partial charge in [0.25, 0.3) is 10.0 Å². The van der Waals surface area contributed by atoms with Gasteiger partial charge in [-0.3, -0.25) is 4.72 Å². The number of nitrogens with one attached hydrogen (secondary N) is 2. The fourth-order valence-corrected chi connectivity index (χ4v) is 3.44. The summed E-state index contributed by atoms with van der Waals surface area (Å²) in [6.07, 6.45) is 0. The molecule has 0 fully saturated rings. The van der Waals surface area contributed by atoms with Crippen molar-refractivity contribution in [2.45, 2.75) is 11.8 Å². The van der Waals surface area contributed by atoms with Crippen LogP contribution in [0.15, 0.2) is 65.6 Å². The number of hydrogen-bond acceptors (Lipinski definition) is 5. The summed E-state index contributed by atoms with van der Waals surface area (Å²) in [7, 11) is -3.70. The molecule has 0 spiro atoms. The second-order valence-electron chi connectivity index (χ2n) is 5.36. The van der Waals surface area contributed by atoms with Gasteiger partial charge < -0.3 is 5.32 Å². The summed E-state index contributed by atoms with van der Waals surface area (Å²) < 4.78 is 27.1. The molecule has 0 aliphatic carbocycles. The van der Waals surface area contributed by atoms with E-state index >= 15 is 0 Å². The van der Waals surface area contributed by atoms with Gasteiger partial charge in [-0.25, -0.2) is 8.42 Å². The molecule has 128 valence electrons. The summed E-state index contributed by atoms with van der Waals surface area (Å²) in [6, 6.07) is 16.9. The molecular formula is C17H15ClN4O2S. The Kier molecular flexibility index (Phi) is 4.87. The molecule has 0 radical (unpaired) electrons. The van der Waals surface area contributed by atoms with E-state index in [1.807, 2.05) is 25.1 Å². The number of nitrogens with zero attached hydrogens (tertiary/aromatic N) is 2. The number of anilines is 3. The first-order valence-corrected chi connectivity index (χ1v) is 9.24. The fraction of sp³-hybridized carbons (Fsp3) is 0.0588. The number of sulfonamides is 1. The van der Waals surface area contributed by atoms with Gasteiger partial charge >= 0.3 is 0 Å². The van der Waals surface area contributed by atoms with Gasteiger partial charge in [-0.1, -0.05) is 29.8 Å². The molecule has 0 amide bonds. The van der Waals surface area contributed by atoms with Gasteiger partial charge in [0.05, 0.1) is 4.90 Å². The Balaban J connectivity index is 1.74. The number of rotatable bonds is 5. The molecule has 8 heteroatoms. The highest BCUT2D eigenvalue weighted by Gasteiger charge is 2.15. The minimum absolute atomic E-state index is 0.137. The summed E-state index contributed by atoms with van der Waals surface area (Å²) in [4.78, 5) is 0.176. The molecule has 0 saturated heterocycles. The SMILES string of the molecule is Cc1cccc(S(=O)(=O)Nc2ccc(Nc3cccc(Cl)c3)nn2)c1. The average Bonchev–Trinajstić information content (AvgIpc) is 2.56. The predicted molar refractivity (Wildman–Crippen MR) is 98.8 cm³/mol. The first-order chi connectivity index (χ1) is 11.9. The van der Waals surface area contributed by atoms with Crippen molar-refractivity contribution in [3.8, 4) is 0 Å². The molecule has 3 rings (SSSR count). The Morgan fingerprint density at radius 3 is 2.32 bits per heavy atom. The fourth-order valence-electron chi connectivity index (χ4n) is 2.15. The Labute approximate surface area is 150 Å². The molecule has 0 aliphatic heterocycles. The van der Waals surface area contributed by atoms with Gasteiger partial charge in [-0.05, 0) is 55.0 Å². The van der Waals surface area contributed by atoms with Crippen LogP contribution in [0, 0.1) is 6.92 Å². The Hall–Kier alpha value is -2.64. The molecule has 2 N–H and O–H groups in total. The summed E-state index contributed by atoms with van der Waals surface area (Å²) in [6.45, 7) is 1.83. The van der Waals surface area contributed by atoms with E-state index in [4.69, 9.17) is 11.6 Å². The quantitative estimate of drug-likeness (QED) is 0.705. The van der Waals surface area contributed by atoms with E-state index < -0.39 is 10.0 Å². The van der Waals surface area contributed by atoms with Crippen LogP contribution >= 0.6 is 11.6 Å². The number of hydrogen-bond donors (Lipinski definition) is 2. The van der Waals surface area contributed by atoms with E-state index in [0.717, 1.165) is 11.3 Å². The van der Waals surface area contributed by atoms with Crippen molar-refractivity contribution in [1.82, 2.24) is 10.2 Å². The second-order valence-corrected chi connectivity index (χ2v) is 7.48. The molecule has 0 aliphatic rings. The van der Waals surface area contributed by atoms with Crippen LogP contribution < -0.4 is 10.0 Å². The minimum atomic E-state index is -3.70. The first-order valence-electron chi connectivity index (χ1n) is 7.38. The Morgan fingerprint density at radius 1 is 0.920 bits per heavy atom. The topological polar surface area (TPSA) is 84.0 Å². The molecule has 1 heterocycles. The summed E-state index contributed by atoms with van der Waals surface area (Å²) in [5, 5.41) is 11.5. The predicted octanol–water partition coefficient (Wildman–Crippen LogP) is 3.98. The van der Waals surface area contributed by atoms with Crippen molar-refractivity contribution in [1.29, 1.82) is 0 Å². The lowest BCUT2D eigenvalue weighted by Gasteiger charge is -2.09. The van der Waals surface area contributed by atoms with Crippen LogP contribution in [-0.4, -0.2) is 18.6 Å². The summed E-state index contributed by atoms with van der Waals surface area (Å²) in [5.41, 5.74) is 1.62. The van der Waals surface area contributed by atoms with Crippen LogP contribution in [0.4, 0.5) is 17.3 Å². The lowest BCUT2D eigenvalue weighted by atomic mass is 10.2. The van der Waals surface area contributed by atoms with Crippen LogP contribution in [0.1, 0.15) is 5.56 Å². The molecule has 2 aromatic carbocycles. The number of halogens is 1. The summed E-state index contributed by atoms with van der Waals surface area (Å²) in [5.74, 6) is 0.610. The normalized spacial score (nSPS) is 11.1. The Bertz CT molecular complexity index is 992. The van der Waals surface area contributed by atoms with Crippen molar-refractivity contribution in [2.24, 2.45) is 0 Å². The van der Waals surface area contributed by atoms with Gasteiger partial charge in [-0.15, -0.1) is 10.2 Å². The highest BCUT2D eigenvalue weighted by molar-refractivity contribution is 7.92. The molecule has 0 atom stereocenters. The van der Waals surface area contributed by atoms with Crippen molar-refractivity contribution >= 4 is 38.9 Å². The zero-order valence-electron chi connectivity index (χ0n) is 13.3. The molecule has 25 heavy (non-hydrogen) atoms. The molecule has 0 bridgehead atoms. The third-order valence-electron chi connectivity index (χ3n) is 3.30. The monoisotopic (exact) mass is 374 g/mol. The first kappa shape index (κ1) is 17.2. The van der Waals surface area contributed by atoms with Gasteiger partial charge in [0.1, 0.15) is 0 Å². The highest BCUT2D eigenvalue weighted by Crippen LogP contribution is 2.20. The third kappa shape index (κ3) is 4.46. The van der Waals surface area contributed by atoms with Crippen LogP contribution in [0.5, 0.6) is 0 Å². The van der Waals surface area contributed by atoms with Crippen molar-refractivity contribution in [3.63, 3.8) is 0 Å². The third-order valence-corrected chi connectivity index (χ3v) is 4.89. The maximum atomic E-state index is 12.4. The minimum Gasteiger partial charge on any atom is -0.339 e. The Morgan fingerprint density at radius 2 is 1.64 bits per heavy atom. The number of aromatic nitrogens is 2. The van der Waals surface area contributed by atoms with Gasteiger partial charge in [0.2, 0.25) is 0 Å².